The SMILES string of the molecule is Cc1ccc(N=C2NC(=O)/C(=C/c3cc(C)n(-c4ccc(Oc5ccc(C(F)(F)F)cc5[N+](=O)[O-])cc4)c3C)S2)cc1. The van der Waals surface area contributed by atoms with Crippen molar-refractivity contribution in [3.8, 4) is 17.2 Å². The highest BCUT2D eigenvalue weighted by Gasteiger charge is 2.33. The second-order valence-electron chi connectivity index (χ2n) is 9.51. The molecule has 0 spiro atoms. The molecular weight excluding hydrogens is 569 g/mol. The van der Waals surface area contributed by atoms with Gasteiger partial charge in [-0.2, -0.15) is 13.2 Å². The number of nitro benzene ring substituents is 1. The highest BCUT2D eigenvalue weighted by atomic mass is 32.2. The molecule has 1 aromatic heterocycles. The number of halogens is 3. The molecule has 0 radical (unpaired) electrons. The number of rotatable bonds is 6. The number of hydrogen-bond donors (Lipinski definition) is 1. The van der Waals surface area contributed by atoms with Crippen molar-refractivity contribution in [2.24, 2.45) is 4.99 Å². The molecule has 0 atom stereocenters. The maximum Gasteiger partial charge on any atom is 0.416 e. The number of aliphatic imine (C=N–C) groups is 1. The van der Waals surface area contributed by atoms with Gasteiger partial charge in [-0.15, -0.1) is 0 Å². The van der Waals surface area contributed by atoms with E-state index in [1.54, 1.807) is 30.3 Å². The van der Waals surface area contributed by atoms with Crippen molar-refractivity contribution in [2.45, 2.75) is 26.9 Å². The van der Waals surface area contributed by atoms with Crippen LogP contribution in [0.4, 0.5) is 24.5 Å². The smallest absolute Gasteiger partial charge is 0.416 e. The van der Waals surface area contributed by atoms with Gasteiger partial charge in [-0.3, -0.25) is 14.9 Å². The third kappa shape index (κ3) is 6.08. The van der Waals surface area contributed by atoms with E-state index in [0.717, 1.165) is 46.0 Å². The standard InChI is InChI=1S/C30H23F3N4O4S/c1-17-4-7-22(8-5-17)34-29-35-28(38)27(42-29)15-20-14-18(2)36(19(20)3)23-9-11-24(12-10-23)41-26-13-6-21(30(31,32)33)16-25(26)37(39)40/h4-16H,1-3H3,(H,34,35,38)/b27-15-. The Labute approximate surface area is 242 Å². The molecule has 4 aromatic rings. The molecule has 1 amide bonds. The van der Waals surface area contributed by atoms with Gasteiger partial charge in [0.05, 0.1) is 21.1 Å². The molecule has 1 aliphatic heterocycles. The zero-order valence-electron chi connectivity index (χ0n) is 22.5. The van der Waals surface area contributed by atoms with E-state index in [-0.39, 0.29) is 17.4 Å². The lowest BCUT2D eigenvalue weighted by Crippen LogP contribution is -2.19. The molecule has 5 rings (SSSR count). The molecule has 3 aromatic carbocycles. The average Bonchev–Trinajstić information content (AvgIpc) is 3.42. The van der Waals surface area contributed by atoms with Gasteiger partial charge in [-0.05, 0) is 98.8 Å². The summed E-state index contributed by atoms with van der Waals surface area (Å²) in [7, 11) is 0. The van der Waals surface area contributed by atoms with E-state index in [1.807, 2.05) is 55.7 Å². The second-order valence-corrected chi connectivity index (χ2v) is 10.5. The number of aryl methyl sites for hydroxylation is 2. The number of carbonyl (C=O) groups is 1. The first-order chi connectivity index (χ1) is 19.9. The topological polar surface area (TPSA) is 98.8 Å². The van der Waals surface area contributed by atoms with Crippen LogP contribution in [0.3, 0.4) is 0 Å². The van der Waals surface area contributed by atoms with Crippen molar-refractivity contribution in [3.05, 3.63) is 116 Å². The summed E-state index contributed by atoms with van der Waals surface area (Å²) >= 11 is 1.25. The highest BCUT2D eigenvalue weighted by Crippen LogP contribution is 2.38. The third-order valence-electron chi connectivity index (χ3n) is 6.48. The Hall–Kier alpha value is -4.84. The fourth-order valence-electron chi connectivity index (χ4n) is 4.40. The van der Waals surface area contributed by atoms with E-state index in [9.17, 15) is 28.1 Å². The summed E-state index contributed by atoms with van der Waals surface area (Å²) in [6.45, 7) is 5.81. The number of nitro groups is 1. The first-order valence-electron chi connectivity index (χ1n) is 12.6. The minimum Gasteiger partial charge on any atom is -0.450 e. The highest BCUT2D eigenvalue weighted by molar-refractivity contribution is 8.18. The third-order valence-corrected chi connectivity index (χ3v) is 7.39. The number of benzene rings is 3. The van der Waals surface area contributed by atoms with Gasteiger partial charge in [0.2, 0.25) is 5.75 Å². The van der Waals surface area contributed by atoms with Crippen LogP contribution in [0.5, 0.6) is 11.5 Å². The predicted molar refractivity (Wildman–Crippen MR) is 155 cm³/mol. The number of alkyl halides is 3. The maximum absolute atomic E-state index is 13.0. The van der Waals surface area contributed by atoms with Gasteiger partial charge in [-0.25, -0.2) is 4.99 Å². The number of carbonyl (C=O) groups excluding carboxylic acids is 1. The molecule has 1 saturated heterocycles. The van der Waals surface area contributed by atoms with E-state index in [2.05, 4.69) is 10.3 Å². The largest absolute Gasteiger partial charge is 0.450 e. The summed E-state index contributed by atoms with van der Waals surface area (Å²) in [5.41, 5.74) is 3.28. The lowest BCUT2D eigenvalue weighted by Gasteiger charge is -2.12. The Morgan fingerprint density at radius 1 is 1.00 bits per heavy atom. The van der Waals surface area contributed by atoms with Crippen molar-refractivity contribution in [1.82, 2.24) is 9.88 Å². The van der Waals surface area contributed by atoms with Crippen LogP contribution in [-0.2, 0) is 11.0 Å². The van der Waals surface area contributed by atoms with Crippen molar-refractivity contribution >= 4 is 40.3 Å². The van der Waals surface area contributed by atoms with Crippen molar-refractivity contribution in [3.63, 3.8) is 0 Å². The molecule has 8 nitrogen and oxygen atoms in total. The summed E-state index contributed by atoms with van der Waals surface area (Å²) < 4.78 is 46.6. The quantitative estimate of drug-likeness (QED) is 0.139. The number of thioether (sulfide) groups is 1. The van der Waals surface area contributed by atoms with Gasteiger partial charge < -0.3 is 14.6 Å². The summed E-state index contributed by atoms with van der Waals surface area (Å²) in [5.74, 6) is -0.332. The van der Waals surface area contributed by atoms with Crippen molar-refractivity contribution < 1.29 is 27.6 Å². The molecule has 42 heavy (non-hydrogen) atoms. The van der Waals surface area contributed by atoms with E-state index >= 15 is 0 Å². The molecule has 1 fully saturated rings. The Morgan fingerprint density at radius 3 is 2.33 bits per heavy atom. The zero-order valence-corrected chi connectivity index (χ0v) is 23.3. The summed E-state index contributed by atoms with van der Waals surface area (Å²) in [5, 5.41) is 14.7. The lowest BCUT2D eigenvalue weighted by atomic mass is 10.2. The van der Waals surface area contributed by atoms with Gasteiger partial charge >= 0.3 is 11.9 Å². The van der Waals surface area contributed by atoms with Crippen LogP contribution in [-0.4, -0.2) is 20.6 Å². The number of nitrogens with one attached hydrogen (secondary N) is 1. The summed E-state index contributed by atoms with van der Waals surface area (Å²) in [4.78, 5) is 28.1. The molecule has 0 unspecified atom stereocenters. The van der Waals surface area contributed by atoms with Crippen LogP contribution in [0.1, 0.15) is 28.1 Å². The van der Waals surface area contributed by atoms with E-state index < -0.39 is 22.4 Å². The first kappa shape index (κ1) is 28.7. The van der Waals surface area contributed by atoms with Gasteiger partial charge in [0.15, 0.2) is 5.17 Å². The molecular formula is C30H23F3N4O4S. The first-order valence-corrected chi connectivity index (χ1v) is 13.4. The van der Waals surface area contributed by atoms with Gasteiger partial charge in [0.1, 0.15) is 5.75 Å². The predicted octanol–water partition coefficient (Wildman–Crippen LogP) is 8.01. The van der Waals surface area contributed by atoms with Gasteiger partial charge in [-0.1, -0.05) is 17.7 Å². The van der Waals surface area contributed by atoms with Crippen LogP contribution in [0.15, 0.2) is 82.7 Å². The molecule has 0 aliphatic carbocycles. The fourth-order valence-corrected chi connectivity index (χ4v) is 5.23. The Kier molecular flexibility index (Phi) is 7.65. The molecule has 0 saturated carbocycles. The fraction of sp³-hybridized carbons (Fsp3) is 0.133. The number of nitrogens with zero attached hydrogens (tertiary/aromatic N) is 3. The van der Waals surface area contributed by atoms with Crippen molar-refractivity contribution in [1.29, 1.82) is 0 Å². The summed E-state index contributed by atoms with van der Waals surface area (Å²) in [6.07, 6.45) is -2.92. The molecule has 2 heterocycles. The molecule has 1 aliphatic rings. The summed E-state index contributed by atoms with van der Waals surface area (Å²) in [6, 6.07) is 18.3. The zero-order chi connectivity index (χ0) is 30.2. The van der Waals surface area contributed by atoms with Gasteiger partial charge in [0, 0.05) is 23.1 Å². The van der Waals surface area contributed by atoms with Crippen molar-refractivity contribution in [2.75, 3.05) is 0 Å². The number of amides is 1. The number of hydrogen-bond acceptors (Lipinski definition) is 6. The Bertz CT molecular complexity index is 1760. The monoisotopic (exact) mass is 592 g/mol. The minimum absolute atomic E-state index is 0.214. The number of aromatic nitrogens is 1. The second kappa shape index (κ2) is 11.2. The van der Waals surface area contributed by atoms with E-state index in [4.69, 9.17) is 4.74 Å². The molecule has 214 valence electrons. The Balaban J connectivity index is 1.36. The molecule has 12 heteroatoms. The van der Waals surface area contributed by atoms with E-state index in [0.29, 0.717) is 16.1 Å². The minimum atomic E-state index is -4.72. The number of ether oxygens (including phenoxy) is 1. The molecule has 0 bridgehead atoms. The van der Waals surface area contributed by atoms with Crippen LogP contribution >= 0.6 is 11.8 Å². The van der Waals surface area contributed by atoms with Gasteiger partial charge in [0.25, 0.3) is 5.91 Å². The lowest BCUT2D eigenvalue weighted by molar-refractivity contribution is -0.385. The van der Waals surface area contributed by atoms with Crippen LogP contribution in [0, 0.1) is 30.9 Å². The van der Waals surface area contributed by atoms with Crippen LogP contribution in [0.2, 0.25) is 0 Å². The van der Waals surface area contributed by atoms with E-state index in [1.165, 1.54) is 11.8 Å². The maximum atomic E-state index is 13.0. The Morgan fingerprint density at radius 2 is 1.69 bits per heavy atom. The molecule has 1 N–H and O–H groups in total. The normalized spacial score (nSPS) is 15.3. The van der Waals surface area contributed by atoms with Crippen LogP contribution in [0.25, 0.3) is 11.8 Å². The number of amidine groups is 1. The van der Waals surface area contributed by atoms with Crippen LogP contribution < -0.4 is 10.1 Å². The average molecular weight is 593 g/mol.